The molecule has 1 aromatic carbocycles. The predicted octanol–water partition coefficient (Wildman–Crippen LogP) is 3.53. The van der Waals surface area contributed by atoms with Gasteiger partial charge in [0.25, 0.3) is 0 Å². The third-order valence-corrected chi connectivity index (χ3v) is 3.90. The summed E-state index contributed by atoms with van der Waals surface area (Å²) in [6, 6.07) is 8.44. The molecule has 6 nitrogen and oxygen atoms in total. The quantitative estimate of drug-likeness (QED) is 0.598. The van der Waals surface area contributed by atoms with Crippen LogP contribution < -0.4 is 11.1 Å². The van der Waals surface area contributed by atoms with Crippen LogP contribution in [0, 0.1) is 11.3 Å². The fourth-order valence-electron chi connectivity index (χ4n) is 2.50. The number of alkyl halides is 3. The summed E-state index contributed by atoms with van der Waals surface area (Å²) >= 11 is 0. The van der Waals surface area contributed by atoms with Gasteiger partial charge in [0.2, 0.25) is 0 Å². The van der Waals surface area contributed by atoms with E-state index in [2.05, 4.69) is 10.3 Å². The van der Waals surface area contributed by atoms with E-state index < -0.39 is 23.8 Å². The lowest BCUT2D eigenvalue weighted by atomic mass is 9.99. The average Bonchev–Trinajstić information content (AvgIpc) is 2.67. The molecule has 0 aliphatic carbocycles. The van der Waals surface area contributed by atoms with Gasteiger partial charge >= 0.3 is 12.1 Å². The van der Waals surface area contributed by atoms with Crippen LogP contribution in [-0.2, 0) is 15.7 Å². The molecule has 3 N–H and O–H groups in total. The van der Waals surface area contributed by atoms with Crippen LogP contribution in [0.5, 0.6) is 0 Å². The Bertz CT molecular complexity index is 931. The fraction of sp³-hybridized carbons (Fsp3) is 0.211. The molecule has 0 radical (unpaired) electrons. The number of pyridine rings is 1. The Labute approximate surface area is 159 Å². The second kappa shape index (κ2) is 8.54. The third kappa shape index (κ3) is 4.86. The van der Waals surface area contributed by atoms with Crippen LogP contribution in [-0.4, -0.2) is 18.1 Å². The summed E-state index contributed by atoms with van der Waals surface area (Å²) in [6.45, 7) is 1.50. The first-order chi connectivity index (χ1) is 13.2. The Balaban J connectivity index is 2.41. The molecule has 0 aliphatic rings. The standard InChI is InChI=1S/C19H17F3N4O2/c1-11(26-14-5-3-4-13(8-14)19(20,21)22)16(18(27)28-2)17(24)12-6-7-15(9-23)25-10-12/h3-8,10,17,26H,24H2,1-2H3/b16-11+. The van der Waals surface area contributed by atoms with Gasteiger partial charge in [-0.05, 0) is 36.8 Å². The minimum atomic E-state index is -4.49. The minimum Gasteiger partial charge on any atom is -0.466 e. The first kappa shape index (κ1) is 20.9. The largest absolute Gasteiger partial charge is 0.466 e. The van der Waals surface area contributed by atoms with E-state index in [-0.39, 0.29) is 22.7 Å². The molecular weight excluding hydrogens is 373 g/mol. The summed E-state index contributed by atoms with van der Waals surface area (Å²) < 4.78 is 43.5. The van der Waals surface area contributed by atoms with Gasteiger partial charge in [0.1, 0.15) is 11.8 Å². The molecule has 28 heavy (non-hydrogen) atoms. The van der Waals surface area contributed by atoms with Crippen molar-refractivity contribution in [2.45, 2.75) is 19.1 Å². The highest BCUT2D eigenvalue weighted by Gasteiger charge is 2.30. The number of benzene rings is 1. The number of methoxy groups -OCH3 is 1. The normalized spacial score (nSPS) is 13.2. The van der Waals surface area contributed by atoms with E-state index in [1.54, 1.807) is 0 Å². The second-order valence-corrected chi connectivity index (χ2v) is 5.80. The molecule has 2 aromatic rings. The predicted molar refractivity (Wildman–Crippen MR) is 95.7 cm³/mol. The van der Waals surface area contributed by atoms with Crippen molar-refractivity contribution in [3.8, 4) is 6.07 Å². The van der Waals surface area contributed by atoms with Crippen molar-refractivity contribution in [3.63, 3.8) is 0 Å². The van der Waals surface area contributed by atoms with E-state index in [4.69, 9.17) is 15.7 Å². The number of nitrogens with one attached hydrogen (secondary N) is 1. The maximum absolute atomic E-state index is 12.9. The van der Waals surface area contributed by atoms with E-state index in [9.17, 15) is 18.0 Å². The first-order valence-corrected chi connectivity index (χ1v) is 8.02. The zero-order valence-electron chi connectivity index (χ0n) is 15.0. The number of nitrogens with two attached hydrogens (primary N) is 1. The number of carbonyl (C=O) groups excluding carboxylic acids is 1. The summed E-state index contributed by atoms with van der Waals surface area (Å²) in [5, 5.41) is 11.6. The van der Waals surface area contributed by atoms with Gasteiger partial charge in [0.15, 0.2) is 0 Å². The Hall–Kier alpha value is -3.38. The second-order valence-electron chi connectivity index (χ2n) is 5.80. The molecular formula is C19H17F3N4O2. The molecule has 1 atom stereocenters. The topological polar surface area (TPSA) is 101 Å². The summed E-state index contributed by atoms with van der Waals surface area (Å²) in [4.78, 5) is 16.2. The van der Waals surface area contributed by atoms with Gasteiger partial charge in [0.05, 0.1) is 24.3 Å². The monoisotopic (exact) mass is 390 g/mol. The molecule has 0 saturated carbocycles. The molecule has 0 bridgehead atoms. The van der Waals surface area contributed by atoms with Crippen LogP contribution in [0.2, 0.25) is 0 Å². The fourth-order valence-corrected chi connectivity index (χ4v) is 2.50. The molecule has 0 spiro atoms. The van der Waals surface area contributed by atoms with Crippen molar-refractivity contribution in [2.75, 3.05) is 12.4 Å². The van der Waals surface area contributed by atoms with E-state index >= 15 is 0 Å². The lowest BCUT2D eigenvalue weighted by Gasteiger charge is -2.19. The number of esters is 1. The van der Waals surface area contributed by atoms with E-state index in [1.165, 1.54) is 44.5 Å². The Kier molecular flexibility index (Phi) is 6.38. The number of halogens is 3. The number of anilines is 1. The van der Waals surface area contributed by atoms with Crippen LogP contribution in [0.15, 0.2) is 53.9 Å². The van der Waals surface area contributed by atoms with E-state index in [0.717, 1.165) is 12.1 Å². The molecule has 0 saturated heterocycles. The highest BCUT2D eigenvalue weighted by molar-refractivity contribution is 5.91. The van der Waals surface area contributed by atoms with Gasteiger partial charge in [0, 0.05) is 17.6 Å². The third-order valence-electron chi connectivity index (χ3n) is 3.90. The smallest absolute Gasteiger partial charge is 0.416 e. The van der Waals surface area contributed by atoms with Gasteiger partial charge < -0.3 is 15.8 Å². The maximum Gasteiger partial charge on any atom is 0.416 e. The zero-order chi connectivity index (χ0) is 20.9. The number of hydrogen-bond acceptors (Lipinski definition) is 6. The molecule has 1 heterocycles. The Morgan fingerprint density at radius 1 is 1.32 bits per heavy atom. The molecule has 9 heteroatoms. The van der Waals surface area contributed by atoms with Crippen LogP contribution in [0.25, 0.3) is 0 Å². The Morgan fingerprint density at radius 2 is 2.04 bits per heavy atom. The number of allylic oxidation sites excluding steroid dienone is 1. The number of carbonyl (C=O) groups is 1. The molecule has 1 aromatic heterocycles. The highest BCUT2D eigenvalue weighted by atomic mass is 19.4. The number of rotatable bonds is 5. The van der Waals surface area contributed by atoms with E-state index in [1.807, 2.05) is 6.07 Å². The summed E-state index contributed by atoms with van der Waals surface area (Å²) in [7, 11) is 1.17. The lowest BCUT2D eigenvalue weighted by molar-refractivity contribution is -0.138. The highest BCUT2D eigenvalue weighted by Crippen LogP contribution is 2.31. The van der Waals surface area contributed by atoms with Crippen molar-refractivity contribution in [2.24, 2.45) is 5.73 Å². The molecule has 0 aliphatic heterocycles. The Morgan fingerprint density at radius 3 is 2.57 bits per heavy atom. The van der Waals surface area contributed by atoms with Gasteiger partial charge in [-0.2, -0.15) is 18.4 Å². The van der Waals surface area contributed by atoms with Crippen molar-refractivity contribution in [1.82, 2.24) is 4.98 Å². The van der Waals surface area contributed by atoms with Crippen LogP contribution in [0.3, 0.4) is 0 Å². The number of ether oxygens (including phenoxy) is 1. The van der Waals surface area contributed by atoms with Crippen LogP contribution in [0.1, 0.15) is 29.8 Å². The van der Waals surface area contributed by atoms with Crippen molar-refractivity contribution in [1.29, 1.82) is 5.26 Å². The average molecular weight is 390 g/mol. The number of aromatic nitrogens is 1. The van der Waals surface area contributed by atoms with Gasteiger partial charge in [-0.1, -0.05) is 12.1 Å². The molecule has 0 amide bonds. The number of nitriles is 1. The van der Waals surface area contributed by atoms with E-state index in [0.29, 0.717) is 5.56 Å². The number of hydrogen-bond donors (Lipinski definition) is 2. The molecule has 1 unspecified atom stereocenters. The SMILES string of the molecule is COC(=O)/C(=C(\C)Nc1cccc(C(F)(F)F)c1)C(N)c1ccc(C#N)nc1. The van der Waals surface area contributed by atoms with Crippen LogP contribution in [0.4, 0.5) is 18.9 Å². The van der Waals surface area contributed by atoms with Crippen LogP contribution >= 0.6 is 0 Å². The lowest BCUT2D eigenvalue weighted by Crippen LogP contribution is -2.24. The molecule has 0 fully saturated rings. The van der Waals surface area contributed by atoms with Gasteiger partial charge in [-0.3, -0.25) is 0 Å². The first-order valence-electron chi connectivity index (χ1n) is 8.02. The zero-order valence-corrected chi connectivity index (χ0v) is 15.0. The summed E-state index contributed by atoms with van der Waals surface area (Å²) in [5.74, 6) is -0.742. The van der Waals surface area contributed by atoms with Crippen molar-refractivity contribution < 1.29 is 22.7 Å². The summed E-state index contributed by atoms with van der Waals surface area (Å²) in [5.41, 5.74) is 6.33. The van der Waals surface area contributed by atoms with Crippen molar-refractivity contribution in [3.05, 3.63) is 70.7 Å². The van der Waals surface area contributed by atoms with Gasteiger partial charge in [-0.15, -0.1) is 0 Å². The summed E-state index contributed by atoms with van der Waals surface area (Å²) in [6.07, 6.45) is -3.14. The molecule has 146 valence electrons. The minimum absolute atomic E-state index is 0.0198. The maximum atomic E-state index is 12.9. The van der Waals surface area contributed by atoms with Crippen molar-refractivity contribution >= 4 is 11.7 Å². The number of nitrogens with zero attached hydrogens (tertiary/aromatic N) is 2. The molecule has 2 rings (SSSR count). The van der Waals surface area contributed by atoms with Gasteiger partial charge in [-0.25, -0.2) is 9.78 Å².